The molecule has 0 heterocycles. The number of carbonyl (C=O) groups excluding carboxylic acids is 1. The summed E-state index contributed by atoms with van der Waals surface area (Å²) < 4.78 is 42.5. The van der Waals surface area contributed by atoms with Crippen LogP contribution in [0.1, 0.15) is 45.4 Å². The van der Waals surface area contributed by atoms with E-state index in [9.17, 15) is 28.2 Å². The lowest BCUT2D eigenvalue weighted by atomic mass is 9.46. The van der Waals surface area contributed by atoms with E-state index < -0.39 is 34.7 Å². The van der Waals surface area contributed by atoms with E-state index in [4.69, 9.17) is 4.74 Å². The Morgan fingerprint density at radius 1 is 1.18 bits per heavy atom. The second kappa shape index (κ2) is 4.60. The van der Waals surface area contributed by atoms with Crippen LogP contribution in [0.5, 0.6) is 0 Å². The van der Waals surface area contributed by atoms with Gasteiger partial charge in [-0.3, -0.25) is 4.79 Å². The van der Waals surface area contributed by atoms with Gasteiger partial charge in [0.2, 0.25) is 0 Å². The zero-order chi connectivity index (χ0) is 16.4. The Bertz CT molecular complexity index is 472. The number of carbonyl (C=O) groups is 1. The molecule has 0 spiro atoms. The van der Waals surface area contributed by atoms with Gasteiger partial charge in [0.1, 0.15) is 5.92 Å². The highest BCUT2D eigenvalue weighted by molar-refractivity contribution is 5.72. The van der Waals surface area contributed by atoms with E-state index in [0.717, 1.165) is 6.92 Å². The molecule has 0 radical (unpaired) electrons. The van der Waals surface area contributed by atoms with Gasteiger partial charge in [0.25, 0.3) is 0 Å². The van der Waals surface area contributed by atoms with Gasteiger partial charge in [-0.1, -0.05) is 0 Å². The Labute approximate surface area is 126 Å². The average Bonchev–Trinajstić information content (AvgIpc) is 2.29. The smallest absolute Gasteiger partial charge is 0.401 e. The Kier molecular flexibility index (Phi) is 3.36. The number of hydrogen-bond donors (Lipinski definition) is 2. The summed E-state index contributed by atoms with van der Waals surface area (Å²) in [5.41, 5.74) is -2.55. The van der Waals surface area contributed by atoms with Crippen LogP contribution in [0.4, 0.5) is 13.2 Å². The molecule has 3 unspecified atom stereocenters. The third kappa shape index (κ3) is 2.73. The molecular formula is C15H21F3O4. The van der Waals surface area contributed by atoms with E-state index >= 15 is 0 Å². The average molecular weight is 322 g/mol. The molecule has 4 rings (SSSR count). The summed E-state index contributed by atoms with van der Waals surface area (Å²) in [5.74, 6) is -3.31. The topological polar surface area (TPSA) is 66.8 Å². The van der Waals surface area contributed by atoms with Crippen LogP contribution in [-0.2, 0) is 9.53 Å². The number of aliphatic hydroxyl groups is 2. The lowest BCUT2D eigenvalue weighted by Gasteiger charge is -2.63. The number of esters is 1. The van der Waals surface area contributed by atoms with Gasteiger partial charge in [0.15, 0.2) is 0 Å². The van der Waals surface area contributed by atoms with Crippen molar-refractivity contribution in [1.29, 1.82) is 0 Å². The van der Waals surface area contributed by atoms with Crippen molar-refractivity contribution in [3.05, 3.63) is 0 Å². The number of rotatable bonds is 3. The fourth-order valence-electron chi connectivity index (χ4n) is 5.18. The van der Waals surface area contributed by atoms with Crippen LogP contribution in [-0.4, -0.2) is 40.2 Å². The number of hydrogen-bond acceptors (Lipinski definition) is 4. The van der Waals surface area contributed by atoms with Gasteiger partial charge in [-0.25, -0.2) is 0 Å². The maximum atomic E-state index is 12.5. The summed E-state index contributed by atoms with van der Waals surface area (Å²) in [5, 5.41) is 21.1. The molecule has 7 heteroatoms. The van der Waals surface area contributed by atoms with Gasteiger partial charge < -0.3 is 14.9 Å². The SMILES string of the molecule is CC(C(=O)OCC12CC3CC(O)(CC(O)(C3)C1)C2)C(F)(F)F. The van der Waals surface area contributed by atoms with Gasteiger partial charge in [-0.15, -0.1) is 0 Å². The number of ether oxygens (including phenoxy) is 1. The van der Waals surface area contributed by atoms with Gasteiger partial charge in [-0.05, 0) is 44.9 Å². The number of halogens is 3. The highest BCUT2D eigenvalue weighted by Gasteiger charge is 2.63. The summed E-state index contributed by atoms with van der Waals surface area (Å²) in [4.78, 5) is 11.6. The summed E-state index contributed by atoms with van der Waals surface area (Å²) in [7, 11) is 0. The molecule has 4 aliphatic carbocycles. The fraction of sp³-hybridized carbons (Fsp3) is 0.933. The normalized spacial score (nSPS) is 44.9. The van der Waals surface area contributed by atoms with Crippen molar-refractivity contribution in [2.45, 2.75) is 62.8 Å². The van der Waals surface area contributed by atoms with Gasteiger partial charge in [0, 0.05) is 11.8 Å². The predicted octanol–water partition coefficient (Wildman–Crippen LogP) is 2.17. The Morgan fingerprint density at radius 2 is 1.73 bits per heavy atom. The largest absolute Gasteiger partial charge is 0.465 e. The van der Waals surface area contributed by atoms with Crippen molar-refractivity contribution in [2.24, 2.45) is 17.3 Å². The third-order valence-corrected chi connectivity index (χ3v) is 5.49. The van der Waals surface area contributed by atoms with Crippen LogP contribution in [0.15, 0.2) is 0 Å². The summed E-state index contributed by atoms with van der Waals surface area (Å²) in [6, 6.07) is 0. The molecule has 0 aromatic rings. The Balaban J connectivity index is 1.69. The molecular weight excluding hydrogens is 301 g/mol. The molecule has 3 atom stereocenters. The highest BCUT2D eigenvalue weighted by Crippen LogP contribution is 2.63. The zero-order valence-electron chi connectivity index (χ0n) is 12.4. The van der Waals surface area contributed by atoms with Gasteiger partial charge in [0.05, 0.1) is 17.8 Å². The second-order valence-electron chi connectivity index (χ2n) is 7.83. The molecule has 0 aliphatic heterocycles. The van der Waals surface area contributed by atoms with Crippen LogP contribution in [0, 0.1) is 17.3 Å². The molecule has 4 bridgehead atoms. The van der Waals surface area contributed by atoms with Crippen LogP contribution >= 0.6 is 0 Å². The van der Waals surface area contributed by atoms with Crippen molar-refractivity contribution in [2.75, 3.05) is 6.61 Å². The molecule has 4 aliphatic rings. The van der Waals surface area contributed by atoms with Gasteiger partial charge >= 0.3 is 12.1 Å². The molecule has 0 saturated heterocycles. The number of alkyl halides is 3. The maximum Gasteiger partial charge on any atom is 0.401 e. The predicted molar refractivity (Wildman–Crippen MR) is 69.7 cm³/mol. The van der Waals surface area contributed by atoms with Crippen molar-refractivity contribution < 1.29 is 32.9 Å². The van der Waals surface area contributed by atoms with E-state index in [2.05, 4.69) is 0 Å². The molecule has 0 aromatic carbocycles. The first-order valence-corrected chi connectivity index (χ1v) is 7.63. The fourth-order valence-corrected chi connectivity index (χ4v) is 5.18. The van der Waals surface area contributed by atoms with Gasteiger partial charge in [-0.2, -0.15) is 13.2 Å². The minimum Gasteiger partial charge on any atom is -0.465 e. The van der Waals surface area contributed by atoms with E-state index in [0.29, 0.717) is 38.5 Å². The molecule has 0 aromatic heterocycles. The zero-order valence-corrected chi connectivity index (χ0v) is 12.4. The van der Waals surface area contributed by atoms with Crippen LogP contribution in [0.3, 0.4) is 0 Å². The van der Waals surface area contributed by atoms with E-state index in [1.807, 2.05) is 0 Å². The van der Waals surface area contributed by atoms with Crippen molar-refractivity contribution in [1.82, 2.24) is 0 Å². The first-order chi connectivity index (χ1) is 9.95. The summed E-state index contributed by atoms with van der Waals surface area (Å²) in [6.45, 7) is 0.621. The van der Waals surface area contributed by atoms with Crippen molar-refractivity contribution >= 4 is 5.97 Å². The standard InChI is InChI=1S/C15H21F3O4/c1-9(15(16,17)18)11(19)22-8-12-2-10-3-13(20,5-12)7-14(21,4-10)6-12/h9-10,20-21H,2-8H2,1H3. The molecule has 126 valence electrons. The molecule has 0 amide bonds. The Morgan fingerprint density at radius 3 is 2.18 bits per heavy atom. The second-order valence-corrected chi connectivity index (χ2v) is 7.83. The maximum absolute atomic E-state index is 12.5. The molecule has 2 N–H and O–H groups in total. The lowest BCUT2D eigenvalue weighted by molar-refractivity contribution is -0.243. The Hall–Kier alpha value is -0.820. The highest BCUT2D eigenvalue weighted by atomic mass is 19.4. The van der Waals surface area contributed by atoms with Crippen LogP contribution < -0.4 is 0 Å². The van der Waals surface area contributed by atoms with Crippen molar-refractivity contribution in [3.63, 3.8) is 0 Å². The van der Waals surface area contributed by atoms with Crippen LogP contribution in [0.25, 0.3) is 0 Å². The minimum atomic E-state index is -4.62. The van der Waals surface area contributed by atoms with E-state index in [1.165, 1.54) is 0 Å². The molecule has 4 fully saturated rings. The summed E-state index contributed by atoms with van der Waals surface area (Å²) in [6.07, 6.45) is -1.63. The minimum absolute atomic E-state index is 0.144. The monoisotopic (exact) mass is 322 g/mol. The van der Waals surface area contributed by atoms with E-state index in [1.54, 1.807) is 0 Å². The van der Waals surface area contributed by atoms with Crippen molar-refractivity contribution in [3.8, 4) is 0 Å². The van der Waals surface area contributed by atoms with Crippen LogP contribution in [0.2, 0.25) is 0 Å². The molecule has 4 saturated carbocycles. The first kappa shape index (κ1) is 16.1. The summed E-state index contributed by atoms with van der Waals surface area (Å²) >= 11 is 0. The lowest BCUT2D eigenvalue weighted by Crippen LogP contribution is -2.64. The molecule has 4 nitrogen and oxygen atoms in total. The quantitative estimate of drug-likeness (QED) is 0.782. The first-order valence-electron chi connectivity index (χ1n) is 7.63. The van der Waals surface area contributed by atoms with E-state index in [-0.39, 0.29) is 12.5 Å². The molecule has 22 heavy (non-hydrogen) atoms. The third-order valence-electron chi connectivity index (χ3n) is 5.49.